The van der Waals surface area contributed by atoms with Gasteiger partial charge < -0.3 is 8.37 Å². The van der Waals surface area contributed by atoms with Gasteiger partial charge in [-0.25, -0.2) is 4.98 Å². The monoisotopic (exact) mass is 848 g/mol. The molecule has 290 valence electrons. The summed E-state index contributed by atoms with van der Waals surface area (Å²) < 4.78 is 102. The van der Waals surface area contributed by atoms with E-state index in [1.807, 2.05) is 50.2 Å². The maximum absolute atomic E-state index is 13.9. The highest BCUT2D eigenvalue weighted by Gasteiger charge is 2.28. The average molecular weight is 849 g/mol. The van der Waals surface area contributed by atoms with E-state index in [9.17, 15) is 29.8 Å². The molecule has 1 N–H and O–H groups in total. The molecule has 13 nitrogen and oxygen atoms in total. The Bertz CT molecular complexity index is 3480. The molecule has 2 aromatic heterocycles. The molecule has 0 aliphatic carbocycles. The summed E-state index contributed by atoms with van der Waals surface area (Å²) in [7, 11) is -13.5. The van der Waals surface area contributed by atoms with Crippen molar-refractivity contribution in [1.82, 2.24) is 20.0 Å². The number of hydrogen-bond donors (Lipinski definition) is 1. The number of fused-ring (bicyclic) bond motifs is 6. The number of aryl methyl sites for hydroxylation is 2. The lowest BCUT2D eigenvalue weighted by Crippen LogP contribution is -2.14. The van der Waals surface area contributed by atoms with Crippen LogP contribution < -0.4 is 8.37 Å². The summed E-state index contributed by atoms with van der Waals surface area (Å²) in [6.45, 7) is 3.63. The number of nitrogens with zero attached hydrogens (tertiary/aromatic N) is 4. The predicted molar refractivity (Wildman–Crippen MR) is 220 cm³/mol. The van der Waals surface area contributed by atoms with E-state index in [2.05, 4.69) is 10.2 Å². The average Bonchev–Trinajstić information content (AvgIpc) is 3.83. The van der Waals surface area contributed by atoms with Gasteiger partial charge in [0, 0.05) is 16.8 Å². The van der Waals surface area contributed by atoms with Crippen molar-refractivity contribution in [3.8, 4) is 27.8 Å². The normalized spacial score (nSPS) is 12.5. The maximum atomic E-state index is 13.9. The second kappa shape index (κ2) is 13.7. The largest absolute Gasteiger partial charge is 0.378 e. The molecular formula is C41H28N4O9S4. The van der Waals surface area contributed by atoms with Crippen LogP contribution in [0.1, 0.15) is 11.1 Å². The Kier molecular flexibility index (Phi) is 8.82. The van der Waals surface area contributed by atoms with Crippen LogP contribution in [0.2, 0.25) is 0 Å². The summed E-state index contributed by atoms with van der Waals surface area (Å²) in [6.07, 6.45) is 0. The summed E-state index contributed by atoms with van der Waals surface area (Å²) in [5.74, 6) is -0.499. The van der Waals surface area contributed by atoms with Crippen LogP contribution in [0.15, 0.2) is 142 Å². The minimum Gasteiger partial charge on any atom is -0.378 e. The van der Waals surface area contributed by atoms with Crippen molar-refractivity contribution in [3.63, 3.8) is 0 Å². The van der Waals surface area contributed by atoms with Gasteiger partial charge in [0.1, 0.15) is 31.5 Å². The molecule has 0 fully saturated rings. The molecule has 0 saturated carbocycles. The molecule has 9 aromatic rings. The second-order valence-electron chi connectivity index (χ2n) is 13.5. The Morgan fingerprint density at radius 1 is 0.586 bits per heavy atom. The van der Waals surface area contributed by atoms with Gasteiger partial charge in [-0.2, -0.15) is 25.3 Å². The SMILES string of the molecule is Cc1ccc(S(=O)(=O)Oc2cc(-n3nc4ccc5cc(S(=O)(=O)O)ccc5c4n3)c(OS(=O)(=O)c3ccc(C)cc3)cc2-c2nc3ccc4ccccc4c3s2)cc1. The van der Waals surface area contributed by atoms with E-state index in [1.54, 1.807) is 36.4 Å². The molecule has 0 unspecified atom stereocenters. The van der Waals surface area contributed by atoms with Crippen LogP contribution >= 0.6 is 11.3 Å². The van der Waals surface area contributed by atoms with Crippen molar-refractivity contribution >= 4 is 84.5 Å². The molecule has 9 rings (SSSR count). The van der Waals surface area contributed by atoms with Crippen molar-refractivity contribution in [2.75, 3.05) is 0 Å². The number of aromatic nitrogens is 4. The van der Waals surface area contributed by atoms with Crippen molar-refractivity contribution in [2.45, 2.75) is 28.5 Å². The summed E-state index contributed by atoms with van der Waals surface area (Å²) in [5, 5.41) is 12.3. The molecule has 2 heterocycles. The third-order valence-corrected chi connectivity index (χ3v) is 13.9. The molecule has 0 radical (unpaired) electrons. The fourth-order valence-corrected chi connectivity index (χ4v) is 9.99. The van der Waals surface area contributed by atoms with Gasteiger partial charge in [-0.15, -0.1) is 26.3 Å². The van der Waals surface area contributed by atoms with Gasteiger partial charge in [0.15, 0.2) is 11.5 Å². The zero-order chi connectivity index (χ0) is 40.6. The number of benzene rings is 7. The quantitative estimate of drug-likeness (QED) is 0.108. The van der Waals surface area contributed by atoms with E-state index in [-0.39, 0.29) is 43.0 Å². The van der Waals surface area contributed by atoms with Gasteiger partial charge in [0.25, 0.3) is 10.1 Å². The van der Waals surface area contributed by atoms with Crippen LogP contribution in [0.25, 0.3) is 59.1 Å². The molecule has 0 bridgehead atoms. The fourth-order valence-electron chi connectivity index (χ4n) is 6.47. The minimum absolute atomic E-state index is 0.110. The van der Waals surface area contributed by atoms with Crippen molar-refractivity contribution in [1.29, 1.82) is 0 Å². The standard InChI is InChI=1S/C41H28N4O9S4/c1-24-7-13-28(14-8-24)57(49,50)53-37-23-36(45-43-34-19-12-27-21-30(56(46,47)48)17-18-31(27)39(34)44-45)38(54-58(51,52)29-15-9-25(2)10-16-29)22-33(37)41-42-35-20-11-26-5-3-4-6-32(26)40(35)55-41/h3-23H,1-2H3,(H,46,47,48). The summed E-state index contributed by atoms with van der Waals surface area (Å²) in [5.41, 5.74) is 2.87. The summed E-state index contributed by atoms with van der Waals surface area (Å²) in [4.78, 5) is 5.35. The van der Waals surface area contributed by atoms with Crippen LogP contribution in [-0.2, 0) is 30.4 Å². The molecule has 0 atom stereocenters. The van der Waals surface area contributed by atoms with Crippen molar-refractivity contribution < 1.29 is 38.2 Å². The second-order valence-corrected chi connectivity index (χ2v) is 19.0. The first-order chi connectivity index (χ1) is 27.6. The molecule has 17 heteroatoms. The molecule has 0 saturated heterocycles. The first-order valence-corrected chi connectivity index (χ1v) is 22.5. The highest BCUT2D eigenvalue weighted by molar-refractivity contribution is 7.87. The number of rotatable bonds is 9. The van der Waals surface area contributed by atoms with Gasteiger partial charge in [-0.05, 0) is 79.2 Å². The summed E-state index contributed by atoms with van der Waals surface area (Å²) >= 11 is 1.26. The number of thiazole rings is 1. The van der Waals surface area contributed by atoms with E-state index in [0.717, 1.165) is 31.4 Å². The van der Waals surface area contributed by atoms with Crippen LogP contribution in [0.3, 0.4) is 0 Å². The molecule has 0 aliphatic rings. The zero-order valence-corrected chi connectivity index (χ0v) is 33.5. The van der Waals surface area contributed by atoms with E-state index in [1.165, 1.54) is 65.9 Å². The van der Waals surface area contributed by atoms with Crippen LogP contribution in [0.4, 0.5) is 0 Å². The Balaban J connectivity index is 1.30. The number of hydrogen-bond acceptors (Lipinski definition) is 12. The molecule has 0 aliphatic heterocycles. The minimum atomic E-state index is -4.52. The highest BCUT2D eigenvalue weighted by Crippen LogP contribution is 2.44. The predicted octanol–water partition coefficient (Wildman–Crippen LogP) is 8.40. The van der Waals surface area contributed by atoms with Gasteiger partial charge in [-0.3, -0.25) is 4.55 Å². The van der Waals surface area contributed by atoms with Gasteiger partial charge in [0.2, 0.25) is 0 Å². The Hall–Kier alpha value is -6.24. The van der Waals surface area contributed by atoms with E-state index >= 15 is 0 Å². The molecule has 0 amide bonds. The first kappa shape index (κ1) is 37.3. The van der Waals surface area contributed by atoms with Crippen LogP contribution in [0.5, 0.6) is 11.5 Å². The highest BCUT2D eigenvalue weighted by atomic mass is 32.2. The topological polar surface area (TPSA) is 185 Å². The molecule has 0 spiro atoms. The lowest BCUT2D eigenvalue weighted by atomic mass is 10.1. The molecular weight excluding hydrogens is 821 g/mol. The van der Waals surface area contributed by atoms with Gasteiger partial charge in [-0.1, -0.05) is 77.9 Å². The third kappa shape index (κ3) is 6.81. The Morgan fingerprint density at radius 3 is 1.86 bits per heavy atom. The zero-order valence-electron chi connectivity index (χ0n) is 30.3. The van der Waals surface area contributed by atoms with Crippen LogP contribution in [-0.4, -0.2) is 49.8 Å². The molecule has 7 aromatic carbocycles. The molecule has 58 heavy (non-hydrogen) atoms. The maximum Gasteiger partial charge on any atom is 0.339 e. The van der Waals surface area contributed by atoms with Crippen LogP contribution in [0, 0.1) is 13.8 Å². The smallest absolute Gasteiger partial charge is 0.339 e. The fraction of sp³-hybridized carbons (Fsp3) is 0.0488. The third-order valence-electron chi connectivity index (χ3n) is 9.44. The lowest BCUT2D eigenvalue weighted by molar-refractivity contribution is 0.475. The Morgan fingerprint density at radius 2 is 1.19 bits per heavy atom. The summed E-state index contributed by atoms with van der Waals surface area (Å²) in [6, 6.07) is 33.4. The van der Waals surface area contributed by atoms with Crippen molar-refractivity contribution in [3.05, 3.63) is 139 Å². The van der Waals surface area contributed by atoms with E-state index in [0.29, 0.717) is 26.8 Å². The van der Waals surface area contributed by atoms with E-state index in [4.69, 9.17) is 13.4 Å². The van der Waals surface area contributed by atoms with Gasteiger partial charge in [0.05, 0.1) is 20.7 Å². The van der Waals surface area contributed by atoms with E-state index < -0.39 is 30.4 Å². The Labute approximate surface area is 335 Å². The lowest BCUT2D eigenvalue weighted by Gasteiger charge is -2.16. The van der Waals surface area contributed by atoms with Crippen molar-refractivity contribution in [2.24, 2.45) is 0 Å². The first-order valence-electron chi connectivity index (χ1n) is 17.4. The van der Waals surface area contributed by atoms with Gasteiger partial charge >= 0.3 is 20.2 Å².